The van der Waals surface area contributed by atoms with Crippen LogP contribution in [-0.2, 0) is 12.8 Å². The van der Waals surface area contributed by atoms with Crippen LogP contribution in [0.5, 0.6) is 0 Å². The van der Waals surface area contributed by atoms with Crippen LogP contribution in [0.3, 0.4) is 0 Å². The van der Waals surface area contributed by atoms with Crippen molar-refractivity contribution in [2.45, 2.75) is 30.7 Å². The van der Waals surface area contributed by atoms with E-state index in [2.05, 4.69) is 4.98 Å². The summed E-state index contributed by atoms with van der Waals surface area (Å²) in [5.74, 6) is -0.983. The zero-order valence-corrected chi connectivity index (χ0v) is 12.9. The fourth-order valence-electron chi connectivity index (χ4n) is 1.77. The molecule has 0 fully saturated rings. The van der Waals surface area contributed by atoms with Gasteiger partial charge in [0.25, 0.3) is 5.56 Å². The van der Waals surface area contributed by atoms with Gasteiger partial charge in [0.2, 0.25) is 0 Å². The molecule has 0 unspecified atom stereocenters. The van der Waals surface area contributed by atoms with Gasteiger partial charge in [0.15, 0.2) is 5.16 Å². The lowest BCUT2D eigenvalue weighted by Crippen LogP contribution is -2.20. The molecular weight excluding hydrogens is 294 g/mol. The number of benzene rings is 1. The molecule has 6 heteroatoms. The normalized spacial score (nSPS) is 11.1. The average molecular weight is 310 g/mol. The maximum atomic E-state index is 13.6. The average Bonchev–Trinajstić information content (AvgIpc) is 2.42. The van der Waals surface area contributed by atoms with Crippen LogP contribution in [0.15, 0.2) is 34.2 Å². The summed E-state index contributed by atoms with van der Waals surface area (Å²) < 4.78 is 28.6. The first kappa shape index (κ1) is 15.7. The maximum Gasteiger partial charge on any atom is 0.254 e. The summed E-state index contributed by atoms with van der Waals surface area (Å²) in [5.41, 5.74) is 0.492. The van der Waals surface area contributed by atoms with E-state index in [-0.39, 0.29) is 22.8 Å². The van der Waals surface area contributed by atoms with Gasteiger partial charge in [-0.15, -0.1) is 0 Å². The third-order valence-electron chi connectivity index (χ3n) is 3.11. The molecular formula is C15H16F2N2OS. The van der Waals surface area contributed by atoms with Gasteiger partial charge in [0, 0.05) is 24.4 Å². The van der Waals surface area contributed by atoms with E-state index in [1.807, 2.05) is 13.8 Å². The van der Waals surface area contributed by atoms with Crippen LogP contribution < -0.4 is 5.56 Å². The van der Waals surface area contributed by atoms with Crippen LogP contribution >= 0.6 is 11.8 Å². The number of hydrogen-bond acceptors (Lipinski definition) is 3. The molecule has 0 saturated carbocycles. The quantitative estimate of drug-likeness (QED) is 0.640. The molecule has 2 aromatic rings. The minimum atomic E-state index is -0.590. The molecule has 1 aromatic carbocycles. The van der Waals surface area contributed by atoms with Crippen molar-refractivity contribution in [3.63, 3.8) is 0 Å². The van der Waals surface area contributed by atoms with Crippen molar-refractivity contribution in [3.05, 3.63) is 57.5 Å². The van der Waals surface area contributed by atoms with Gasteiger partial charge in [-0.3, -0.25) is 9.36 Å². The second kappa shape index (κ2) is 6.39. The van der Waals surface area contributed by atoms with Crippen molar-refractivity contribution in [3.8, 4) is 0 Å². The van der Waals surface area contributed by atoms with Crippen LogP contribution in [0.1, 0.15) is 31.0 Å². The molecule has 3 nitrogen and oxygen atoms in total. The lowest BCUT2D eigenvalue weighted by atomic mass is 10.1. The number of nitrogens with zero attached hydrogens (tertiary/aromatic N) is 2. The molecule has 0 N–H and O–H groups in total. The molecule has 0 saturated heterocycles. The summed E-state index contributed by atoms with van der Waals surface area (Å²) in [6, 6.07) is 5.25. The molecule has 21 heavy (non-hydrogen) atoms. The Bertz CT molecular complexity index is 693. The van der Waals surface area contributed by atoms with E-state index >= 15 is 0 Å². The Kier molecular flexibility index (Phi) is 4.77. The van der Waals surface area contributed by atoms with Crippen LogP contribution in [0, 0.1) is 11.6 Å². The van der Waals surface area contributed by atoms with E-state index in [1.165, 1.54) is 28.8 Å². The summed E-state index contributed by atoms with van der Waals surface area (Å²) in [4.78, 5) is 16.3. The van der Waals surface area contributed by atoms with Crippen molar-refractivity contribution in [2.24, 2.45) is 7.05 Å². The maximum absolute atomic E-state index is 13.6. The Morgan fingerprint density at radius 1 is 1.29 bits per heavy atom. The number of thioether (sulfide) groups is 1. The summed E-state index contributed by atoms with van der Waals surface area (Å²) >= 11 is 1.15. The van der Waals surface area contributed by atoms with Gasteiger partial charge in [0.1, 0.15) is 11.6 Å². The lowest BCUT2D eigenvalue weighted by Gasteiger charge is -2.11. The third kappa shape index (κ3) is 3.50. The topological polar surface area (TPSA) is 34.9 Å². The number of rotatable bonds is 4. The predicted molar refractivity (Wildman–Crippen MR) is 79.5 cm³/mol. The highest BCUT2D eigenvalue weighted by Crippen LogP contribution is 2.24. The minimum Gasteiger partial charge on any atom is -0.291 e. The van der Waals surface area contributed by atoms with E-state index in [0.717, 1.165) is 11.8 Å². The standard InChI is InChI=1S/C15H16F2N2OS/c1-9(2)13-7-14(20)19(3)15(18-13)21-8-10-11(16)5-4-6-12(10)17/h4-7,9H,8H2,1-3H3. The summed E-state index contributed by atoms with van der Waals surface area (Å²) in [5, 5.41) is 0.453. The fourth-order valence-corrected chi connectivity index (χ4v) is 2.77. The first-order valence-electron chi connectivity index (χ1n) is 6.53. The molecule has 0 aliphatic carbocycles. The molecule has 112 valence electrons. The highest BCUT2D eigenvalue weighted by Gasteiger charge is 2.13. The Labute approximate surface area is 126 Å². The van der Waals surface area contributed by atoms with Crippen LogP contribution in [0.4, 0.5) is 8.78 Å². The number of hydrogen-bond donors (Lipinski definition) is 0. The van der Waals surface area contributed by atoms with E-state index in [0.29, 0.717) is 10.9 Å². The van der Waals surface area contributed by atoms with Gasteiger partial charge in [-0.25, -0.2) is 13.8 Å². The highest BCUT2D eigenvalue weighted by molar-refractivity contribution is 7.98. The summed E-state index contributed by atoms with van der Waals surface area (Å²) in [6.45, 7) is 3.87. The third-order valence-corrected chi connectivity index (χ3v) is 4.17. The zero-order valence-electron chi connectivity index (χ0n) is 12.1. The SMILES string of the molecule is CC(C)c1cc(=O)n(C)c(SCc2c(F)cccc2F)n1. The lowest BCUT2D eigenvalue weighted by molar-refractivity contribution is 0.566. The molecule has 0 amide bonds. The summed E-state index contributed by atoms with van der Waals surface area (Å²) in [7, 11) is 1.60. The van der Waals surface area contributed by atoms with Gasteiger partial charge in [-0.2, -0.15) is 0 Å². The molecule has 0 spiro atoms. The Morgan fingerprint density at radius 3 is 2.48 bits per heavy atom. The second-order valence-corrected chi connectivity index (χ2v) is 5.95. The van der Waals surface area contributed by atoms with Crippen LogP contribution in [0.2, 0.25) is 0 Å². The molecule has 1 aromatic heterocycles. The molecule has 0 bridgehead atoms. The Balaban J connectivity index is 2.30. The van der Waals surface area contributed by atoms with Crippen LogP contribution in [-0.4, -0.2) is 9.55 Å². The van der Waals surface area contributed by atoms with Crippen molar-refractivity contribution in [1.29, 1.82) is 0 Å². The highest BCUT2D eigenvalue weighted by atomic mass is 32.2. The Hall–Kier alpha value is -1.69. The fraction of sp³-hybridized carbons (Fsp3) is 0.333. The first-order valence-corrected chi connectivity index (χ1v) is 7.52. The van der Waals surface area contributed by atoms with E-state index in [1.54, 1.807) is 7.05 Å². The van der Waals surface area contributed by atoms with Gasteiger partial charge in [-0.05, 0) is 18.1 Å². The molecule has 0 atom stereocenters. The van der Waals surface area contributed by atoms with Crippen molar-refractivity contribution < 1.29 is 8.78 Å². The smallest absolute Gasteiger partial charge is 0.254 e. The Morgan fingerprint density at radius 2 is 1.90 bits per heavy atom. The first-order chi connectivity index (χ1) is 9.90. The van der Waals surface area contributed by atoms with Gasteiger partial charge < -0.3 is 0 Å². The van der Waals surface area contributed by atoms with Crippen molar-refractivity contribution in [2.75, 3.05) is 0 Å². The molecule has 0 aliphatic heterocycles. The van der Waals surface area contributed by atoms with Gasteiger partial charge >= 0.3 is 0 Å². The van der Waals surface area contributed by atoms with Crippen LogP contribution in [0.25, 0.3) is 0 Å². The molecule has 2 rings (SSSR count). The van der Waals surface area contributed by atoms with E-state index in [4.69, 9.17) is 0 Å². The molecule has 0 radical (unpaired) electrons. The second-order valence-electron chi connectivity index (χ2n) is 5.00. The molecule has 1 heterocycles. The number of aromatic nitrogens is 2. The van der Waals surface area contributed by atoms with E-state index in [9.17, 15) is 13.6 Å². The predicted octanol–water partition coefficient (Wildman–Crippen LogP) is 3.47. The minimum absolute atomic E-state index is 0.00769. The number of halogens is 2. The molecule has 0 aliphatic rings. The summed E-state index contributed by atoms with van der Waals surface area (Å²) in [6.07, 6.45) is 0. The monoisotopic (exact) mass is 310 g/mol. The van der Waals surface area contributed by atoms with E-state index < -0.39 is 11.6 Å². The van der Waals surface area contributed by atoms with Gasteiger partial charge in [-0.1, -0.05) is 31.7 Å². The van der Waals surface area contributed by atoms with Crippen molar-refractivity contribution >= 4 is 11.8 Å². The zero-order chi connectivity index (χ0) is 15.6. The largest absolute Gasteiger partial charge is 0.291 e. The van der Waals surface area contributed by atoms with Gasteiger partial charge in [0.05, 0.1) is 5.69 Å². The van der Waals surface area contributed by atoms with Crippen molar-refractivity contribution in [1.82, 2.24) is 9.55 Å².